The van der Waals surface area contributed by atoms with E-state index in [-0.39, 0.29) is 9.64 Å². The number of aryl methyl sites for hydroxylation is 1. The summed E-state index contributed by atoms with van der Waals surface area (Å²) in [4.78, 5) is 11.7. The van der Waals surface area contributed by atoms with Gasteiger partial charge in [0.05, 0.1) is 15.8 Å². The normalized spacial score (nSPS) is 12.1. The lowest BCUT2D eigenvalue weighted by molar-refractivity contribution is 0.584. The van der Waals surface area contributed by atoms with Crippen molar-refractivity contribution in [1.82, 2.24) is 8.68 Å². The van der Waals surface area contributed by atoms with Gasteiger partial charge in [-0.25, -0.2) is 13.1 Å². The first kappa shape index (κ1) is 12.3. The highest BCUT2D eigenvalue weighted by Gasteiger charge is 2.15. The monoisotopic (exact) mass is 272 g/mol. The highest BCUT2D eigenvalue weighted by molar-refractivity contribution is 7.89. The topological polar surface area (TPSA) is 68.2 Å². The second kappa shape index (κ2) is 4.25. The van der Waals surface area contributed by atoms with Gasteiger partial charge in [0, 0.05) is 13.6 Å². The maximum absolute atomic E-state index is 11.8. The van der Waals surface area contributed by atoms with Gasteiger partial charge in [0.25, 0.3) is 4.74 Å². The molecule has 0 fully saturated rings. The number of benzene rings is 1. The molecule has 0 aliphatic heterocycles. The summed E-state index contributed by atoms with van der Waals surface area (Å²) in [5, 5.41) is 0.441. The molecular formula is C10H12N2O3S2. The van der Waals surface area contributed by atoms with E-state index in [4.69, 9.17) is 0 Å². The number of nitrogens with zero attached hydrogens (tertiary/aromatic N) is 1. The number of hydrogen-bond acceptors (Lipinski definition) is 4. The highest BCUT2D eigenvalue weighted by Crippen LogP contribution is 2.18. The van der Waals surface area contributed by atoms with Crippen molar-refractivity contribution >= 4 is 32.5 Å². The molecule has 92 valence electrons. The highest BCUT2D eigenvalue weighted by atomic mass is 32.2. The standard InChI is InChI=1S/C10H12N2O3S2/c1-3-11-17(14,15)7-4-5-9-8(6-7)10(13)16-12(9)2/h4-6,11H,3H2,1-2H3. The molecule has 0 unspecified atom stereocenters. The van der Waals surface area contributed by atoms with Crippen molar-refractivity contribution in [2.24, 2.45) is 7.05 Å². The number of nitrogens with one attached hydrogen (secondary N) is 1. The smallest absolute Gasteiger partial charge is 0.257 e. The number of sulfonamides is 1. The molecule has 7 heteroatoms. The first-order valence-corrected chi connectivity index (χ1v) is 7.31. The van der Waals surface area contributed by atoms with Crippen LogP contribution in [0.4, 0.5) is 0 Å². The lowest BCUT2D eigenvalue weighted by Gasteiger charge is -2.04. The molecule has 0 aliphatic carbocycles. The lowest BCUT2D eigenvalue weighted by Crippen LogP contribution is -2.23. The van der Waals surface area contributed by atoms with Gasteiger partial charge in [-0.1, -0.05) is 6.92 Å². The van der Waals surface area contributed by atoms with Crippen molar-refractivity contribution in [2.75, 3.05) is 6.54 Å². The molecule has 2 rings (SSSR count). The van der Waals surface area contributed by atoms with E-state index in [9.17, 15) is 13.2 Å². The minimum atomic E-state index is -3.50. The van der Waals surface area contributed by atoms with E-state index >= 15 is 0 Å². The van der Waals surface area contributed by atoms with Crippen molar-refractivity contribution in [3.63, 3.8) is 0 Å². The van der Waals surface area contributed by atoms with E-state index in [2.05, 4.69) is 4.72 Å². The minimum Gasteiger partial charge on any atom is -0.297 e. The largest absolute Gasteiger partial charge is 0.297 e. The summed E-state index contributed by atoms with van der Waals surface area (Å²) in [7, 11) is -1.73. The van der Waals surface area contributed by atoms with Gasteiger partial charge in [0.2, 0.25) is 10.0 Å². The van der Waals surface area contributed by atoms with E-state index < -0.39 is 10.0 Å². The van der Waals surface area contributed by atoms with E-state index in [1.54, 1.807) is 24.0 Å². The van der Waals surface area contributed by atoms with Crippen molar-refractivity contribution < 1.29 is 8.42 Å². The summed E-state index contributed by atoms with van der Waals surface area (Å²) in [5.41, 5.74) is 0.746. The molecule has 0 saturated heterocycles. The number of hydrogen-bond donors (Lipinski definition) is 1. The minimum absolute atomic E-state index is 0.127. The summed E-state index contributed by atoms with van der Waals surface area (Å²) in [5.74, 6) is 0. The molecule has 2 aromatic rings. The molecule has 1 N–H and O–H groups in total. The van der Waals surface area contributed by atoms with Gasteiger partial charge in [0.15, 0.2) is 0 Å². The Labute approximate surface area is 103 Å². The summed E-state index contributed by atoms with van der Waals surface area (Å²) in [6, 6.07) is 4.58. The fourth-order valence-corrected chi connectivity index (χ4v) is 3.45. The zero-order valence-corrected chi connectivity index (χ0v) is 11.1. The Bertz CT molecular complexity index is 713. The van der Waals surface area contributed by atoms with E-state index in [1.165, 1.54) is 12.1 Å². The Hall–Kier alpha value is -1.18. The summed E-state index contributed by atoms with van der Waals surface area (Å²) < 4.78 is 27.5. The Kier molecular flexibility index (Phi) is 3.07. The zero-order chi connectivity index (χ0) is 12.6. The van der Waals surface area contributed by atoms with Gasteiger partial charge in [-0.15, -0.1) is 0 Å². The van der Waals surface area contributed by atoms with Crippen molar-refractivity contribution in [2.45, 2.75) is 11.8 Å². The zero-order valence-electron chi connectivity index (χ0n) is 9.43. The lowest BCUT2D eigenvalue weighted by atomic mass is 10.2. The van der Waals surface area contributed by atoms with Crippen LogP contribution < -0.4 is 9.46 Å². The molecule has 0 saturated carbocycles. The van der Waals surface area contributed by atoms with Crippen LogP contribution in [0.5, 0.6) is 0 Å². The third-order valence-electron chi connectivity index (χ3n) is 2.39. The molecule has 0 aliphatic rings. The first-order chi connectivity index (χ1) is 7.95. The fourth-order valence-electron chi connectivity index (χ4n) is 1.62. The Balaban J connectivity index is 2.67. The van der Waals surface area contributed by atoms with Crippen LogP contribution >= 0.6 is 11.5 Å². The molecule has 17 heavy (non-hydrogen) atoms. The summed E-state index contributed by atoms with van der Waals surface area (Å²) in [6.07, 6.45) is 0. The van der Waals surface area contributed by atoms with Gasteiger partial charge in [-0.3, -0.25) is 8.75 Å². The van der Waals surface area contributed by atoms with Gasteiger partial charge in [-0.05, 0) is 29.7 Å². The second-order valence-electron chi connectivity index (χ2n) is 3.56. The maximum atomic E-state index is 11.8. The summed E-state index contributed by atoms with van der Waals surface area (Å²) >= 11 is 1.06. The average molecular weight is 272 g/mol. The predicted octanol–water partition coefficient (Wildman–Crippen LogP) is 0.898. The average Bonchev–Trinajstić information content (AvgIpc) is 2.54. The first-order valence-electron chi connectivity index (χ1n) is 5.05. The Morgan fingerprint density at radius 3 is 2.76 bits per heavy atom. The molecular weight excluding hydrogens is 260 g/mol. The van der Waals surface area contributed by atoms with Gasteiger partial charge >= 0.3 is 0 Å². The summed E-state index contributed by atoms with van der Waals surface area (Å²) in [6.45, 7) is 2.03. The molecule has 5 nitrogen and oxygen atoms in total. The number of fused-ring (bicyclic) bond motifs is 1. The van der Waals surface area contributed by atoms with Gasteiger partial charge in [-0.2, -0.15) is 0 Å². The van der Waals surface area contributed by atoms with Crippen LogP contribution in [0.3, 0.4) is 0 Å². The van der Waals surface area contributed by atoms with Crippen LogP contribution in [0.25, 0.3) is 10.9 Å². The number of aromatic nitrogens is 1. The number of rotatable bonds is 3. The molecule has 1 aromatic heterocycles. The molecule has 1 aromatic carbocycles. The van der Waals surface area contributed by atoms with Gasteiger partial charge in [0.1, 0.15) is 0 Å². The second-order valence-corrected chi connectivity index (χ2v) is 6.42. The Morgan fingerprint density at radius 2 is 2.12 bits per heavy atom. The third-order valence-corrected chi connectivity index (χ3v) is 4.79. The molecule has 1 heterocycles. The fraction of sp³-hybridized carbons (Fsp3) is 0.300. The Morgan fingerprint density at radius 1 is 1.41 bits per heavy atom. The van der Waals surface area contributed by atoms with Crippen LogP contribution in [-0.4, -0.2) is 18.9 Å². The van der Waals surface area contributed by atoms with E-state index in [1.807, 2.05) is 0 Å². The molecule has 0 atom stereocenters. The molecule has 0 bridgehead atoms. The van der Waals surface area contributed by atoms with Crippen LogP contribution in [0.15, 0.2) is 27.9 Å². The van der Waals surface area contributed by atoms with Crippen LogP contribution in [0.1, 0.15) is 6.92 Å². The SMILES string of the molecule is CCNS(=O)(=O)c1ccc2c(c1)c(=O)sn2C. The molecule has 0 radical (unpaired) electrons. The maximum Gasteiger partial charge on any atom is 0.257 e. The van der Waals surface area contributed by atoms with Crippen molar-refractivity contribution in [3.05, 3.63) is 27.7 Å². The van der Waals surface area contributed by atoms with Crippen molar-refractivity contribution in [1.29, 1.82) is 0 Å². The van der Waals surface area contributed by atoms with Gasteiger partial charge < -0.3 is 0 Å². The van der Waals surface area contributed by atoms with Crippen molar-refractivity contribution in [3.8, 4) is 0 Å². The molecule has 0 amide bonds. The van der Waals surface area contributed by atoms with Crippen LogP contribution in [0.2, 0.25) is 0 Å². The quantitative estimate of drug-likeness (QED) is 0.902. The van der Waals surface area contributed by atoms with Crippen LogP contribution in [0, 0.1) is 0 Å². The van der Waals surface area contributed by atoms with E-state index in [0.29, 0.717) is 11.9 Å². The van der Waals surface area contributed by atoms with E-state index in [0.717, 1.165) is 17.0 Å². The third kappa shape index (κ3) is 2.13. The predicted molar refractivity (Wildman–Crippen MR) is 67.9 cm³/mol. The molecule has 0 spiro atoms. The van der Waals surface area contributed by atoms with Crippen LogP contribution in [-0.2, 0) is 17.1 Å².